The minimum absolute atomic E-state index is 0.198. The minimum atomic E-state index is -0.788. The zero-order valence-electron chi connectivity index (χ0n) is 15.7. The lowest BCUT2D eigenvalue weighted by molar-refractivity contribution is -0.0196. The quantitative estimate of drug-likeness (QED) is 0.563. The van der Waals surface area contributed by atoms with Crippen molar-refractivity contribution in [1.82, 2.24) is 19.9 Å². The van der Waals surface area contributed by atoms with E-state index in [4.69, 9.17) is 4.74 Å². The third-order valence-electron chi connectivity index (χ3n) is 5.28. The Labute approximate surface area is 167 Å². The number of hydrogen-bond acceptors (Lipinski definition) is 5. The first kappa shape index (κ1) is 17.6. The van der Waals surface area contributed by atoms with E-state index < -0.39 is 6.10 Å². The number of amides is 1. The van der Waals surface area contributed by atoms with Crippen LogP contribution < -0.4 is 4.74 Å². The number of likely N-dealkylation sites (tertiary alicyclic amines) is 1. The third-order valence-corrected chi connectivity index (χ3v) is 5.28. The monoisotopic (exact) mass is 388 g/mol. The van der Waals surface area contributed by atoms with Crippen LogP contribution in [0.5, 0.6) is 5.75 Å². The number of pyridine rings is 1. The summed E-state index contributed by atoms with van der Waals surface area (Å²) in [5, 5.41) is 11.5. The highest BCUT2D eigenvalue weighted by Crippen LogP contribution is 2.27. The molecule has 1 amide bonds. The number of hydrogen-bond donors (Lipinski definition) is 2. The standard InChI is InChI=1S/C22H20N4O3/c27-18-13-26(22(28)21-24-16-6-1-2-7-17(16)25-21)12-10-20(18)29-19-9-3-8-15-14(19)5-4-11-23-15/h1-9,11,18,20,27H,10,12-13H2,(H,24,25)/t18-,20-/m1/s1. The lowest BCUT2D eigenvalue weighted by Crippen LogP contribution is -2.51. The number of carbonyl (C=O) groups is 1. The second-order valence-electron chi connectivity index (χ2n) is 7.19. The number of aliphatic hydroxyl groups is 1. The van der Waals surface area contributed by atoms with Gasteiger partial charge in [-0.15, -0.1) is 0 Å². The summed E-state index contributed by atoms with van der Waals surface area (Å²) in [6.07, 6.45) is 1.09. The van der Waals surface area contributed by atoms with E-state index in [-0.39, 0.29) is 24.4 Å². The average molecular weight is 388 g/mol. The van der Waals surface area contributed by atoms with Crippen molar-refractivity contribution in [3.05, 3.63) is 66.6 Å². The van der Waals surface area contributed by atoms with Gasteiger partial charge >= 0.3 is 0 Å². The third kappa shape index (κ3) is 3.30. The van der Waals surface area contributed by atoms with Crippen molar-refractivity contribution < 1.29 is 14.6 Å². The fourth-order valence-corrected chi connectivity index (χ4v) is 3.78. The summed E-state index contributed by atoms with van der Waals surface area (Å²) in [7, 11) is 0. The molecule has 1 aliphatic rings. The van der Waals surface area contributed by atoms with Gasteiger partial charge in [-0.25, -0.2) is 4.98 Å². The number of nitrogens with one attached hydrogen (secondary N) is 1. The number of H-pyrrole nitrogens is 1. The van der Waals surface area contributed by atoms with E-state index in [1.54, 1.807) is 11.1 Å². The van der Waals surface area contributed by atoms with E-state index >= 15 is 0 Å². The van der Waals surface area contributed by atoms with Crippen LogP contribution in [0.15, 0.2) is 60.8 Å². The number of imidazole rings is 1. The number of aromatic amines is 1. The Balaban J connectivity index is 1.30. The highest BCUT2D eigenvalue weighted by molar-refractivity contribution is 5.94. The molecule has 29 heavy (non-hydrogen) atoms. The summed E-state index contributed by atoms with van der Waals surface area (Å²) in [6, 6.07) is 17.0. The molecule has 2 atom stereocenters. The van der Waals surface area contributed by atoms with Gasteiger partial charge in [-0.3, -0.25) is 9.78 Å². The molecule has 7 nitrogen and oxygen atoms in total. The van der Waals surface area contributed by atoms with Crippen molar-refractivity contribution in [2.24, 2.45) is 0 Å². The Bertz CT molecular complexity index is 1150. The number of fused-ring (bicyclic) bond motifs is 2. The van der Waals surface area contributed by atoms with E-state index in [0.29, 0.717) is 18.7 Å². The van der Waals surface area contributed by atoms with E-state index in [9.17, 15) is 9.90 Å². The minimum Gasteiger partial charge on any atom is -0.487 e. The van der Waals surface area contributed by atoms with Crippen LogP contribution in [0, 0.1) is 0 Å². The maximum absolute atomic E-state index is 12.8. The first-order valence-electron chi connectivity index (χ1n) is 9.61. The largest absolute Gasteiger partial charge is 0.487 e. The van der Waals surface area contributed by atoms with Crippen LogP contribution in [-0.2, 0) is 0 Å². The molecule has 1 aliphatic heterocycles. The van der Waals surface area contributed by atoms with Crippen LogP contribution in [0.3, 0.4) is 0 Å². The summed E-state index contributed by atoms with van der Waals surface area (Å²) in [6.45, 7) is 0.685. The van der Waals surface area contributed by atoms with Gasteiger partial charge in [0.05, 0.1) is 23.1 Å². The molecule has 2 aromatic carbocycles. The zero-order chi connectivity index (χ0) is 19.8. The zero-order valence-corrected chi connectivity index (χ0v) is 15.7. The number of rotatable bonds is 3. The van der Waals surface area contributed by atoms with Gasteiger partial charge in [0.25, 0.3) is 5.91 Å². The smallest absolute Gasteiger partial charge is 0.289 e. The Morgan fingerprint density at radius 1 is 1.10 bits per heavy atom. The first-order valence-corrected chi connectivity index (χ1v) is 9.61. The van der Waals surface area contributed by atoms with Gasteiger partial charge in [-0.2, -0.15) is 0 Å². The summed E-state index contributed by atoms with van der Waals surface area (Å²) in [4.78, 5) is 26.2. The van der Waals surface area contributed by atoms with Crippen molar-refractivity contribution in [3.8, 4) is 5.75 Å². The summed E-state index contributed by atoms with van der Waals surface area (Å²) in [5.41, 5.74) is 2.41. The highest BCUT2D eigenvalue weighted by Gasteiger charge is 2.33. The molecule has 0 radical (unpaired) electrons. The second kappa shape index (κ2) is 7.18. The molecule has 0 saturated carbocycles. The number of para-hydroxylation sites is 2. The molecule has 146 valence electrons. The van der Waals surface area contributed by atoms with E-state index in [0.717, 1.165) is 21.9 Å². The van der Waals surface area contributed by atoms with Crippen LogP contribution in [0.25, 0.3) is 21.9 Å². The molecule has 0 unspecified atom stereocenters. The number of benzene rings is 2. The van der Waals surface area contributed by atoms with Gasteiger partial charge in [0.1, 0.15) is 18.0 Å². The summed E-state index contributed by atoms with van der Waals surface area (Å²) < 4.78 is 6.11. The predicted molar refractivity (Wildman–Crippen MR) is 109 cm³/mol. The van der Waals surface area contributed by atoms with Crippen LogP contribution in [0.1, 0.15) is 17.0 Å². The van der Waals surface area contributed by atoms with Crippen molar-refractivity contribution in [3.63, 3.8) is 0 Å². The van der Waals surface area contributed by atoms with Crippen molar-refractivity contribution in [2.75, 3.05) is 13.1 Å². The Morgan fingerprint density at radius 2 is 1.97 bits per heavy atom. The van der Waals surface area contributed by atoms with Crippen molar-refractivity contribution >= 4 is 27.8 Å². The maximum Gasteiger partial charge on any atom is 0.289 e. The molecule has 0 spiro atoms. The van der Waals surface area contributed by atoms with Gasteiger partial charge in [0, 0.05) is 24.5 Å². The number of aromatic nitrogens is 3. The number of ether oxygens (including phenoxy) is 1. The number of aliphatic hydroxyl groups excluding tert-OH is 1. The topological polar surface area (TPSA) is 91.3 Å². The summed E-state index contributed by atoms with van der Waals surface area (Å²) >= 11 is 0. The number of piperidine rings is 1. The van der Waals surface area contributed by atoms with Gasteiger partial charge < -0.3 is 19.7 Å². The Kier molecular flexibility index (Phi) is 4.37. The molecule has 1 saturated heterocycles. The molecule has 7 heteroatoms. The molecule has 5 rings (SSSR count). The van der Waals surface area contributed by atoms with E-state index in [1.807, 2.05) is 54.6 Å². The number of carbonyl (C=O) groups excluding carboxylic acids is 1. The van der Waals surface area contributed by atoms with Crippen LogP contribution in [0.4, 0.5) is 0 Å². The second-order valence-corrected chi connectivity index (χ2v) is 7.19. The Morgan fingerprint density at radius 3 is 2.83 bits per heavy atom. The fourth-order valence-electron chi connectivity index (χ4n) is 3.78. The van der Waals surface area contributed by atoms with Gasteiger partial charge in [0.15, 0.2) is 5.82 Å². The van der Waals surface area contributed by atoms with Crippen LogP contribution in [0.2, 0.25) is 0 Å². The lowest BCUT2D eigenvalue weighted by atomic mass is 10.0. The number of β-amino-alcohol motifs (C(OH)–C–C–N with tert-alkyl or cyclic N) is 1. The molecular formula is C22H20N4O3. The fraction of sp³-hybridized carbons (Fsp3) is 0.227. The molecular weight excluding hydrogens is 368 g/mol. The van der Waals surface area contributed by atoms with Crippen LogP contribution >= 0.6 is 0 Å². The first-order chi connectivity index (χ1) is 14.2. The normalized spacial score (nSPS) is 19.6. The predicted octanol–water partition coefficient (Wildman–Crippen LogP) is 2.77. The van der Waals surface area contributed by atoms with E-state index in [1.165, 1.54) is 0 Å². The average Bonchev–Trinajstić information content (AvgIpc) is 3.19. The molecule has 3 heterocycles. The lowest BCUT2D eigenvalue weighted by Gasteiger charge is -2.35. The van der Waals surface area contributed by atoms with Gasteiger partial charge in [-0.05, 0) is 36.4 Å². The molecule has 1 fully saturated rings. The number of nitrogens with zero attached hydrogens (tertiary/aromatic N) is 3. The van der Waals surface area contributed by atoms with Crippen molar-refractivity contribution in [1.29, 1.82) is 0 Å². The molecule has 2 aromatic heterocycles. The molecule has 0 bridgehead atoms. The Hall–Kier alpha value is -3.45. The molecule has 0 aliphatic carbocycles. The molecule has 2 N–H and O–H groups in total. The summed E-state index contributed by atoms with van der Waals surface area (Å²) in [5.74, 6) is 0.766. The molecule has 4 aromatic rings. The highest BCUT2D eigenvalue weighted by atomic mass is 16.5. The van der Waals surface area contributed by atoms with Gasteiger partial charge in [0.2, 0.25) is 0 Å². The van der Waals surface area contributed by atoms with Crippen molar-refractivity contribution in [2.45, 2.75) is 18.6 Å². The maximum atomic E-state index is 12.8. The van der Waals surface area contributed by atoms with Gasteiger partial charge in [-0.1, -0.05) is 18.2 Å². The SMILES string of the molecule is O=C(c1nc2ccccc2[nH]1)N1CC[C@@H](Oc2cccc3ncccc23)[C@H](O)C1. The van der Waals surface area contributed by atoms with Crippen LogP contribution in [-0.4, -0.2) is 56.2 Å². The van der Waals surface area contributed by atoms with E-state index in [2.05, 4.69) is 15.0 Å².